The van der Waals surface area contributed by atoms with Crippen LogP contribution in [0.1, 0.15) is 26.5 Å². The van der Waals surface area contributed by atoms with Gasteiger partial charge in [0.25, 0.3) is 0 Å². The predicted octanol–water partition coefficient (Wildman–Crippen LogP) is 1.31. The molecule has 0 aromatic carbocycles. The van der Waals surface area contributed by atoms with Crippen molar-refractivity contribution in [2.75, 3.05) is 13.6 Å². The van der Waals surface area contributed by atoms with Crippen LogP contribution in [0, 0.1) is 11.8 Å². The molecule has 0 amide bonds. The largest absolute Gasteiger partial charge is 0.352 e. The molecule has 0 saturated heterocycles. The number of nitrogens with zero attached hydrogens (tertiary/aromatic N) is 1. The Kier molecular flexibility index (Phi) is 5.58. The summed E-state index contributed by atoms with van der Waals surface area (Å²) in [5, 5.41) is 3.02. The Morgan fingerprint density at radius 2 is 1.95 bits per heavy atom. The second-order valence-electron chi connectivity index (χ2n) is 5.38. The Hall–Kier alpha value is -0.850. The molecule has 110 valence electrons. The lowest BCUT2D eigenvalue weighted by atomic mass is 9.99. The number of hydrogen-bond acceptors (Lipinski definition) is 3. The summed E-state index contributed by atoms with van der Waals surface area (Å²) in [4.78, 5) is 0.330. The molecular formula is C13H25N3O2S. The van der Waals surface area contributed by atoms with Gasteiger partial charge in [0.05, 0.1) is 4.90 Å². The lowest BCUT2D eigenvalue weighted by Crippen LogP contribution is -2.30. The molecule has 0 aliphatic carbocycles. The van der Waals surface area contributed by atoms with Crippen molar-refractivity contribution in [3.63, 3.8) is 0 Å². The second kappa shape index (κ2) is 6.54. The molecule has 0 bridgehead atoms. The zero-order valence-electron chi connectivity index (χ0n) is 12.4. The number of hydrogen-bond donors (Lipinski definition) is 2. The van der Waals surface area contributed by atoms with Crippen LogP contribution in [0.5, 0.6) is 0 Å². The highest BCUT2D eigenvalue weighted by Gasteiger charge is 2.18. The van der Waals surface area contributed by atoms with E-state index in [1.807, 2.05) is 25.6 Å². The van der Waals surface area contributed by atoms with E-state index in [9.17, 15) is 8.42 Å². The van der Waals surface area contributed by atoms with Crippen LogP contribution >= 0.6 is 0 Å². The SMILES string of the molecule is CNCc1cc(S(=O)(=O)NCC(C)C(C)C)cn1C. The van der Waals surface area contributed by atoms with Crippen molar-refractivity contribution in [2.24, 2.45) is 18.9 Å². The number of sulfonamides is 1. The first kappa shape index (κ1) is 16.2. The molecule has 0 saturated carbocycles. The number of nitrogens with one attached hydrogen (secondary N) is 2. The zero-order chi connectivity index (χ0) is 14.6. The fourth-order valence-electron chi connectivity index (χ4n) is 1.64. The summed E-state index contributed by atoms with van der Waals surface area (Å²) < 4.78 is 28.9. The first-order valence-corrected chi connectivity index (χ1v) is 8.05. The number of rotatable bonds is 7. The van der Waals surface area contributed by atoms with Crippen LogP contribution in [0.25, 0.3) is 0 Å². The first-order valence-electron chi connectivity index (χ1n) is 6.57. The molecule has 0 radical (unpaired) electrons. The predicted molar refractivity (Wildman–Crippen MR) is 77.4 cm³/mol. The molecule has 0 spiro atoms. The third-order valence-electron chi connectivity index (χ3n) is 3.48. The summed E-state index contributed by atoms with van der Waals surface area (Å²) in [5.74, 6) is 0.772. The molecule has 0 aliphatic heterocycles. The van der Waals surface area contributed by atoms with Crippen molar-refractivity contribution in [2.45, 2.75) is 32.2 Å². The smallest absolute Gasteiger partial charge is 0.242 e. The molecule has 19 heavy (non-hydrogen) atoms. The van der Waals surface area contributed by atoms with Crippen LogP contribution in [0.3, 0.4) is 0 Å². The van der Waals surface area contributed by atoms with Crippen LogP contribution in [0.2, 0.25) is 0 Å². The molecular weight excluding hydrogens is 262 g/mol. The molecule has 0 aliphatic rings. The van der Waals surface area contributed by atoms with E-state index >= 15 is 0 Å². The van der Waals surface area contributed by atoms with E-state index in [4.69, 9.17) is 0 Å². The fourth-order valence-corrected chi connectivity index (χ4v) is 2.88. The van der Waals surface area contributed by atoms with Gasteiger partial charge in [-0.25, -0.2) is 13.1 Å². The van der Waals surface area contributed by atoms with Crippen LogP contribution in [-0.2, 0) is 23.6 Å². The highest BCUT2D eigenvalue weighted by atomic mass is 32.2. The van der Waals surface area contributed by atoms with Gasteiger partial charge >= 0.3 is 0 Å². The molecule has 1 atom stereocenters. The van der Waals surface area contributed by atoms with Gasteiger partial charge in [0.1, 0.15) is 0 Å². The normalized spacial score (nSPS) is 14.0. The van der Waals surface area contributed by atoms with Crippen molar-refractivity contribution in [1.29, 1.82) is 0 Å². The molecule has 1 rings (SSSR count). The van der Waals surface area contributed by atoms with Gasteiger partial charge in [0.2, 0.25) is 10.0 Å². The lowest BCUT2D eigenvalue weighted by Gasteiger charge is -2.15. The van der Waals surface area contributed by atoms with Crippen LogP contribution in [-0.4, -0.2) is 26.6 Å². The topological polar surface area (TPSA) is 63.1 Å². The molecule has 6 heteroatoms. The van der Waals surface area contributed by atoms with E-state index in [-0.39, 0.29) is 0 Å². The Balaban J connectivity index is 2.80. The third-order valence-corrected chi connectivity index (χ3v) is 4.87. The van der Waals surface area contributed by atoms with Gasteiger partial charge in [-0.05, 0) is 24.9 Å². The van der Waals surface area contributed by atoms with Crippen LogP contribution in [0.15, 0.2) is 17.2 Å². The van der Waals surface area contributed by atoms with E-state index in [0.717, 1.165) is 5.69 Å². The van der Waals surface area contributed by atoms with Gasteiger partial charge in [0.15, 0.2) is 0 Å². The van der Waals surface area contributed by atoms with Gasteiger partial charge < -0.3 is 9.88 Å². The lowest BCUT2D eigenvalue weighted by molar-refractivity contribution is 0.414. The molecule has 1 aromatic rings. The van der Waals surface area contributed by atoms with Gasteiger partial charge in [-0.3, -0.25) is 0 Å². The maximum Gasteiger partial charge on any atom is 0.242 e. The van der Waals surface area contributed by atoms with Crippen molar-refractivity contribution in [3.8, 4) is 0 Å². The standard InChI is InChI=1S/C13H25N3O2S/c1-10(2)11(3)7-15-19(17,18)13-6-12(8-14-4)16(5)9-13/h6,9-11,14-15H,7-8H2,1-5H3. The zero-order valence-corrected chi connectivity index (χ0v) is 13.2. The molecule has 2 N–H and O–H groups in total. The molecule has 1 heterocycles. The van der Waals surface area contributed by atoms with Crippen molar-refractivity contribution in [1.82, 2.24) is 14.6 Å². The average Bonchev–Trinajstić information content (AvgIpc) is 2.69. The van der Waals surface area contributed by atoms with Gasteiger partial charge in [-0.1, -0.05) is 20.8 Å². The minimum Gasteiger partial charge on any atom is -0.352 e. The van der Waals surface area contributed by atoms with E-state index in [0.29, 0.717) is 29.8 Å². The monoisotopic (exact) mass is 287 g/mol. The molecule has 0 fully saturated rings. The quantitative estimate of drug-likeness (QED) is 0.795. The van der Waals surface area contributed by atoms with Crippen LogP contribution in [0.4, 0.5) is 0 Å². The minimum atomic E-state index is -3.41. The highest BCUT2D eigenvalue weighted by molar-refractivity contribution is 7.89. The molecule has 5 nitrogen and oxygen atoms in total. The minimum absolute atomic E-state index is 0.315. The van der Waals surface area contributed by atoms with E-state index < -0.39 is 10.0 Å². The van der Waals surface area contributed by atoms with E-state index in [2.05, 4.69) is 23.9 Å². The molecule has 1 unspecified atom stereocenters. The summed E-state index contributed by atoms with van der Waals surface area (Å²) in [6.07, 6.45) is 1.65. The van der Waals surface area contributed by atoms with E-state index in [1.54, 1.807) is 12.3 Å². The Bertz CT molecular complexity index is 506. The van der Waals surface area contributed by atoms with Gasteiger partial charge in [0, 0.05) is 32.0 Å². The summed E-state index contributed by atoms with van der Waals surface area (Å²) in [6.45, 7) is 7.34. The van der Waals surface area contributed by atoms with Crippen molar-refractivity contribution in [3.05, 3.63) is 18.0 Å². The Morgan fingerprint density at radius 1 is 1.32 bits per heavy atom. The maximum absolute atomic E-state index is 12.2. The summed E-state index contributed by atoms with van der Waals surface area (Å²) in [6, 6.07) is 1.71. The van der Waals surface area contributed by atoms with Gasteiger partial charge in [-0.2, -0.15) is 0 Å². The second-order valence-corrected chi connectivity index (χ2v) is 7.15. The van der Waals surface area contributed by atoms with Crippen molar-refractivity contribution < 1.29 is 8.42 Å². The fraction of sp³-hybridized carbons (Fsp3) is 0.692. The highest BCUT2D eigenvalue weighted by Crippen LogP contribution is 2.15. The summed E-state index contributed by atoms with van der Waals surface area (Å²) in [7, 11) is 0.279. The first-order chi connectivity index (χ1) is 8.77. The van der Waals surface area contributed by atoms with E-state index in [1.165, 1.54) is 0 Å². The third kappa shape index (κ3) is 4.33. The number of aryl methyl sites for hydroxylation is 1. The van der Waals surface area contributed by atoms with Crippen LogP contribution < -0.4 is 10.0 Å². The summed E-state index contributed by atoms with van der Waals surface area (Å²) in [5.41, 5.74) is 0.944. The Labute approximate surface area is 116 Å². The van der Waals surface area contributed by atoms with Crippen molar-refractivity contribution >= 4 is 10.0 Å². The molecule has 1 aromatic heterocycles. The number of aromatic nitrogens is 1. The Morgan fingerprint density at radius 3 is 2.47 bits per heavy atom. The maximum atomic E-state index is 12.2. The average molecular weight is 287 g/mol. The summed E-state index contributed by atoms with van der Waals surface area (Å²) >= 11 is 0. The van der Waals surface area contributed by atoms with Gasteiger partial charge in [-0.15, -0.1) is 0 Å².